The van der Waals surface area contributed by atoms with Crippen LogP contribution < -0.4 is 5.32 Å². The van der Waals surface area contributed by atoms with Crippen molar-refractivity contribution in [3.63, 3.8) is 0 Å². The summed E-state index contributed by atoms with van der Waals surface area (Å²) in [5.74, 6) is -0.511. The zero-order chi connectivity index (χ0) is 17.0. The van der Waals surface area contributed by atoms with Crippen LogP contribution in [0.1, 0.15) is 46.6 Å². The molecule has 1 N–H and O–H groups in total. The Hall–Kier alpha value is -1.51. The molecule has 0 aliphatic heterocycles. The molecule has 2 rings (SSSR count). The summed E-state index contributed by atoms with van der Waals surface area (Å²) < 4.78 is 5.19. The van der Waals surface area contributed by atoms with Crippen LogP contribution in [0, 0.1) is 5.92 Å². The summed E-state index contributed by atoms with van der Waals surface area (Å²) in [6.45, 7) is 6.10. The van der Waals surface area contributed by atoms with Gasteiger partial charge in [-0.3, -0.25) is 10.1 Å². The normalized spacial score (nSPS) is 10.8. The van der Waals surface area contributed by atoms with Crippen molar-refractivity contribution in [1.29, 1.82) is 0 Å². The lowest BCUT2D eigenvalue weighted by molar-refractivity contribution is 0.0520. The summed E-state index contributed by atoms with van der Waals surface area (Å²) in [5.41, 5.74) is 0.479. The van der Waals surface area contributed by atoms with Crippen LogP contribution >= 0.6 is 34.3 Å². The predicted molar refractivity (Wildman–Crippen MR) is 91.7 cm³/mol. The van der Waals surface area contributed by atoms with E-state index in [4.69, 9.17) is 16.3 Å². The lowest BCUT2D eigenvalue weighted by Gasteiger charge is -2.04. The number of rotatable bonds is 6. The number of anilines is 1. The monoisotopic (exact) mass is 373 g/mol. The minimum Gasteiger partial charge on any atom is -0.461 e. The number of amides is 1. The van der Waals surface area contributed by atoms with Crippen LogP contribution in [-0.4, -0.2) is 28.5 Å². The van der Waals surface area contributed by atoms with Crippen LogP contribution in [0.15, 0.2) is 5.38 Å². The van der Waals surface area contributed by atoms with Gasteiger partial charge in [-0.05, 0) is 19.3 Å². The topological polar surface area (TPSA) is 81.2 Å². The number of thiazole rings is 2. The van der Waals surface area contributed by atoms with E-state index in [0.717, 1.165) is 22.6 Å². The molecule has 2 aromatic heterocycles. The molecule has 2 aromatic rings. The molecule has 0 radical (unpaired) electrons. The molecule has 6 nitrogen and oxygen atoms in total. The fourth-order valence-electron chi connectivity index (χ4n) is 1.80. The molecule has 124 valence electrons. The van der Waals surface area contributed by atoms with Gasteiger partial charge in [0, 0.05) is 10.3 Å². The number of hydrogen-bond acceptors (Lipinski definition) is 7. The molecule has 23 heavy (non-hydrogen) atoms. The van der Waals surface area contributed by atoms with E-state index in [0.29, 0.717) is 21.2 Å². The van der Waals surface area contributed by atoms with Crippen LogP contribution in [0.3, 0.4) is 0 Å². The highest BCUT2D eigenvalue weighted by Gasteiger charge is 2.20. The molecule has 0 unspecified atom stereocenters. The van der Waals surface area contributed by atoms with Crippen molar-refractivity contribution in [2.24, 2.45) is 5.92 Å². The summed E-state index contributed by atoms with van der Waals surface area (Å²) in [6, 6.07) is 0. The average molecular weight is 374 g/mol. The van der Waals surface area contributed by atoms with E-state index in [9.17, 15) is 9.59 Å². The van der Waals surface area contributed by atoms with Crippen LogP contribution in [0.4, 0.5) is 5.13 Å². The standard InChI is InChI=1S/C14H16ClN3O3S2/c1-4-21-12(20)8-6-22-14(16-8)18-11(19)10-9(5-7(2)3)23-13(15)17-10/h6-7H,4-5H2,1-3H3,(H,16,18,19). The summed E-state index contributed by atoms with van der Waals surface area (Å²) in [5, 5.41) is 4.50. The highest BCUT2D eigenvalue weighted by atomic mass is 35.5. The number of aromatic nitrogens is 2. The first-order valence-corrected chi connectivity index (χ1v) is 9.07. The molecule has 0 atom stereocenters. The van der Waals surface area contributed by atoms with E-state index in [-0.39, 0.29) is 18.2 Å². The summed E-state index contributed by atoms with van der Waals surface area (Å²) in [4.78, 5) is 32.9. The Morgan fingerprint density at radius 2 is 2.13 bits per heavy atom. The number of nitrogens with one attached hydrogen (secondary N) is 1. The van der Waals surface area contributed by atoms with Gasteiger partial charge in [-0.1, -0.05) is 25.4 Å². The minimum atomic E-state index is -0.513. The van der Waals surface area contributed by atoms with Gasteiger partial charge in [-0.2, -0.15) is 0 Å². The molecule has 0 aliphatic carbocycles. The fraction of sp³-hybridized carbons (Fsp3) is 0.429. The summed E-state index contributed by atoms with van der Waals surface area (Å²) >= 11 is 8.38. The van der Waals surface area contributed by atoms with Crippen LogP contribution in [0.25, 0.3) is 0 Å². The van der Waals surface area contributed by atoms with Crippen LogP contribution in [0.2, 0.25) is 4.47 Å². The van der Waals surface area contributed by atoms with Gasteiger partial charge in [0.05, 0.1) is 6.61 Å². The SMILES string of the molecule is CCOC(=O)c1csc(NC(=O)c2nc(Cl)sc2CC(C)C)n1. The van der Waals surface area contributed by atoms with E-state index in [1.807, 2.05) is 0 Å². The van der Waals surface area contributed by atoms with E-state index in [2.05, 4.69) is 29.1 Å². The molecular formula is C14H16ClN3O3S2. The Kier molecular flexibility index (Phi) is 6.09. The van der Waals surface area contributed by atoms with Gasteiger partial charge < -0.3 is 4.74 Å². The van der Waals surface area contributed by atoms with Crippen molar-refractivity contribution in [1.82, 2.24) is 9.97 Å². The Morgan fingerprint density at radius 3 is 2.78 bits per heavy atom. The Bertz CT molecular complexity index is 712. The zero-order valence-corrected chi connectivity index (χ0v) is 15.3. The third-order valence-corrected chi connectivity index (χ3v) is 4.63. The maximum absolute atomic E-state index is 12.4. The van der Waals surface area contributed by atoms with Gasteiger partial charge in [-0.25, -0.2) is 14.8 Å². The molecule has 1 amide bonds. The molecule has 0 aromatic carbocycles. The maximum Gasteiger partial charge on any atom is 0.357 e. The highest BCUT2D eigenvalue weighted by molar-refractivity contribution is 7.16. The van der Waals surface area contributed by atoms with E-state index >= 15 is 0 Å². The molecule has 0 fully saturated rings. The third kappa shape index (κ3) is 4.73. The maximum atomic E-state index is 12.4. The third-order valence-electron chi connectivity index (χ3n) is 2.69. The first-order chi connectivity index (χ1) is 10.9. The Morgan fingerprint density at radius 1 is 1.39 bits per heavy atom. The van der Waals surface area contributed by atoms with Crippen LogP contribution in [0.5, 0.6) is 0 Å². The second-order valence-electron chi connectivity index (χ2n) is 5.05. The second kappa shape index (κ2) is 7.85. The number of esters is 1. The molecular weight excluding hydrogens is 358 g/mol. The van der Waals surface area contributed by atoms with Crippen molar-refractivity contribution in [2.45, 2.75) is 27.2 Å². The number of carbonyl (C=O) groups is 2. The highest BCUT2D eigenvalue weighted by Crippen LogP contribution is 2.26. The van der Waals surface area contributed by atoms with E-state index in [1.165, 1.54) is 16.7 Å². The number of halogens is 1. The van der Waals surface area contributed by atoms with Crippen molar-refractivity contribution in [3.05, 3.63) is 26.1 Å². The first kappa shape index (κ1) is 17.8. The van der Waals surface area contributed by atoms with Crippen molar-refractivity contribution in [3.8, 4) is 0 Å². The molecule has 0 saturated carbocycles. The number of carbonyl (C=O) groups excluding carboxylic acids is 2. The predicted octanol–water partition coefficient (Wildman–Crippen LogP) is 3.88. The quantitative estimate of drug-likeness (QED) is 0.777. The van der Waals surface area contributed by atoms with Crippen molar-refractivity contribution >= 4 is 51.3 Å². The van der Waals surface area contributed by atoms with Gasteiger partial charge in [0.15, 0.2) is 15.3 Å². The Labute approximate surface area is 146 Å². The van der Waals surface area contributed by atoms with Gasteiger partial charge in [0.2, 0.25) is 0 Å². The first-order valence-electron chi connectivity index (χ1n) is 6.99. The number of hydrogen-bond donors (Lipinski definition) is 1. The van der Waals surface area contributed by atoms with Crippen molar-refractivity contribution < 1.29 is 14.3 Å². The molecule has 0 aliphatic rings. The van der Waals surface area contributed by atoms with Gasteiger partial charge in [0.25, 0.3) is 5.91 Å². The summed E-state index contributed by atoms with van der Waals surface area (Å²) in [7, 11) is 0. The average Bonchev–Trinajstić information content (AvgIpc) is 3.05. The number of nitrogens with zero attached hydrogens (tertiary/aromatic N) is 2. The van der Waals surface area contributed by atoms with Gasteiger partial charge in [0.1, 0.15) is 5.69 Å². The molecule has 0 saturated heterocycles. The molecule has 0 spiro atoms. The van der Waals surface area contributed by atoms with Crippen LogP contribution in [-0.2, 0) is 11.2 Å². The largest absolute Gasteiger partial charge is 0.461 e. The fourth-order valence-corrected chi connectivity index (χ4v) is 3.83. The Balaban J connectivity index is 2.12. The minimum absolute atomic E-state index is 0.172. The van der Waals surface area contributed by atoms with Gasteiger partial charge >= 0.3 is 5.97 Å². The molecule has 0 bridgehead atoms. The molecule has 2 heterocycles. The number of ether oxygens (including phenoxy) is 1. The van der Waals surface area contributed by atoms with Crippen molar-refractivity contribution in [2.75, 3.05) is 11.9 Å². The lowest BCUT2D eigenvalue weighted by Crippen LogP contribution is -2.15. The van der Waals surface area contributed by atoms with E-state index < -0.39 is 5.97 Å². The lowest BCUT2D eigenvalue weighted by atomic mass is 10.1. The summed E-state index contributed by atoms with van der Waals surface area (Å²) in [6.07, 6.45) is 0.721. The molecule has 9 heteroatoms. The smallest absolute Gasteiger partial charge is 0.357 e. The zero-order valence-electron chi connectivity index (χ0n) is 12.9. The van der Waals surface area contributed by atoms with Gasteiger partial charge in [-0.15, -0.1) is 22.7 Å². The van der Waals surface area contributed by atoms with E-state index in [1.54, 1.807) is 6.92 Å². The second-order valence-corrected chi connectivity index (χ2v) is 7.57.